The number of benzene rings is 1. The highest BCUT2D eigenvalue weighted by Crippen LogP contribution is 2.12. The molecule has 4 nitrogen and oxygen atoms in total. The zero-order valence-corrected chi connectivity index (χ0v) is 13.6. The topological polar surface area (TPSA) is 67.2 Å². The van der Waals surface area contributed by atoms with Crippen LogP contribution in [0.4, 0.5) is 5.69 Å². The van der Waals surface area contributed by atoms with Gasteiger partial charge in [0.1, 0.15) is 0 Å². The summed E-state index contributed by atoms with van der Waals surface area (Å²) in [5.74, 6) is 0.541. The molecule has 118 valence electrons. The maximum absolute atomic E-state index is 12.1. The van der Waals surface area contributed by atoms with Crippen molar-refractivity contribution >= 4 is 11.6 Å². The van der Waals surface area contributed by atoms with Crippen LogP contribution in [-0.4, -0.2) is 24.5 Å². The minimum atomic E-state index is -0.431. The molecule has 0 aliphatic carbocycles. The van der Waals surface area contributed by atoms with E-state index in [1.165, 1.54) is 0 Å². The minimum absolute atomic E-state index is 0.0649. The molecule has 1 aromatic rings. The monoisotopic (exact) mass is 291 g/mol. The Morgan fingerprint density at radius 1 is 1.19 bits per heavy atom. The molecule has 3 unspecified atom stereocenters. The van der Waals surface area contributed by atoms with E-state index in [2.05, 4.69) is 24.5 Å². The van der Waals surface area contributed by atoms with Gasteiger partial charge in [0.25, 0.3) is 0 Å². The van der Waals surface area contributed by atoms with Crippen LogP contribution in [0.15, 0.2) is 30.3 Å². The Kier molecular flexibility index (Phi) is 7.23. The first-order valence-electron chi connectivity index (χ1n) is 7.80. The van der Waals surface area contributed by atoms with E-state index >= 15 is 0 Å². The van der Waals surface area contributed by atoms with Gasteiger partial charge in [0.2, 0.25) is 5.91 Å². The number of carbonyl (C=O) groups excluding carboxylic acids is 1. The van der Waals surface area contributed by atoms with Crippen molar-refractivity contribution in [2.24, 2.45) is 17.6 Å². The van der Waals surface area contributed by atoms with E-state index in [9.17, 15) is 4.79 Å². The lowest BCUT2D eigenvalue weighted by Gasteiger charge is -2.25. The number of carbonyl (C=O) groups is 1. The van der Waals surface area contributed by atoms with Crippen LogP contribution in [0.25, 0.3) is 0 Å². The largest absolute Gasteiger partial charge is 0.380 e. The third-order valence-electron chi connectivity index (χ3n) is 3.99. The molecule has 0 aromatic heterocycles. The van der Waals surface area contributed by atoms with Gasteiger partial charge in [-0.2, -0.15) is 0 Å². The van der Waals surface area contributed by atoms with E-state index < -0.39 is 6.04 Å². The predicted octanol–water partition coefficient (Wildman–Crippen LogP) is 2.61. The van der Waals surface area contributed by atoms with Crippen molar-refractivity contribution in [1.29, 1.82) is 0 Å². The summed E-state index contributed by atoms with van der Waals surface area (Å²) in [4.78, 5) is 12.1. The average Bonchev–Trinajstić information content (AvgIpc) is 2.50. The number of rotatable bonds is 8. The SMILES string of the molecule is CCC(C)C(N)C(=O)NCC(Nc1ccccc1)C(C)C. The van der Waals surface area contributed by atoms with Crippen molar-refractivity contribution < 1.29 is 4.79 Å². The van der Waals surface area contributed by atoms with E-state index in [-0.39, 0.29) is 17.9 Å². The molecule has 0 radical (unpaired) electrons. The normalized spacial score (nSPS) is 15.3. The van der Waals surface area contributed by atoms with Crippen LogP contribution < -0.4 is 16.4 Å². The van der Waals surface area contributed by atoms with Gasteiger partial charge in [0, 0.05) is 18.3 Å². The van der Waals surface area contributed by atoms with Crippen LogP contribution in [0.3, 0.4) is 0 Å². The van der Waals surface area contributed by atoms with Gasteiger partial charge >= 0.3 is 0 Å². The summed E-state index contributed by atoms with van der Waals surface area (Å²) in [7, 11) is 0. The zero-order chi connectivity index (χ0) is 15.8. The summed E-state index contributed by atoms with van der Waals surface area (Å²) >= 11 is 0. The van der Waals surface area contributed by atoms with Gasteiger partial charge < -0.3 is 16.4 Å². The summed E-state index contributed by atoms with van der Waals surface area (Å²) in [5.41, 5.74) is 7.02. The summed E-state index contributed by atoms with van der Waals surface area (Å²) in [6.07, 6.45) is 0.907. The first-order valence-corrected chi connectivity index (χ1v) is 7.80. The number of para-hydroxylation sites is 1. The standard InChI is InChI=1S/C17H29N3O/c1-5-13(4)16(18)17(21)19-11-15(12(2)3)20-14-9-7-6-8-10-14/h6-10,12-13,15-16,20H,5,11,18H2,1-4H3,(H,19,21). The van der Waals surface area contributed by atoms with Crippen molar-refractivity contribution in [3.8, 4) is 0 Å². The first kappa shape index (κ1) is 17.5. The van der Waals surface area contributed by atoms with Gasteiger partial charge in [-0.25, -0.2) is 0 Å². The van der Waals surface area contributed by atoms with Crippen molar-refractivity contribution in [2.45, 2.75) is 46.2 Å². The molecule has 4 N–H and O–H groups in total. The van der Waals surface area contributed by atoms with Crippen LogP contribution in [0.1, 0.15) is 34.1 Å². The number of anilines is 1. The molecule has 1 rings (SSSR count). The third kappa shape index (κ3) is 5.76. The minimum Gasteiger partial charge on any atom is -0.380 e. The Bertz CT molecular complexity index is 419. The summed E-state index contributed by atoms with van der Waals surface area (Å²) in [6, 6.07) is 9.79. The van der Waals surface area contributed by atoms with Crippen molar-refractivity contribution in [1.82, 2.24) is 5.32 Å². The maximum atomic E-state index is 12.1. The molecule has 4 heteroatoms. The number of nitrogens with two attached hydrogens (primary N) is 1. The molecule has 0 saturated heterocycles. The Labute approximate surface area is 128 Å². The molecule has 21 heavy (non-hydrogen) atoms. The lowest BCUT2D eigenvalue weighted by atomic mass is 9.99. The maximum Gasteiger partial charge on any atom is 0.237 e. The van der Waals surface area contributed by atoms with Gasteiger partial charge in [-0.05, 0) is 24.0 Å². The lowest BCUT2D eigenvalue weighted by molar-refractivity contribution is -0.123. The second-order valence-corrected chi connectivity index (χ2v) is 6.02. The van der Waals surface area contributed by atoms with Gasteiger partial charge in [-0.15, -0.1) is 0 Å². The fraction of sp³-hybridized carbons (Fsp3) is 0.588. The molecule has 0 heterocycles. The molecule has 0 saturated carbocycles. The highest BCUT2D eigenvalue weighted by molar-refractivity contribution is 5.81. The average molecular weight is 291 g/mol. The quantitative estimate of drug-likeness (QED) is 0.689. The lowest BCUT2D eigenvalue weighted by Crippen LogP contribution is -2.48. The van der Waals surface area contributed by atoms with Crippen LogP contribution >= 0.6 is 0 Å². The molecule has 0 bridgehead atoms. The molecule has 0 aliphatic rings. The van der Waals surface area contributed by atoms with Crippen LogP contribution in [-0.2, 0) is 4.79 Å². The molecule has 0 fully saturated rings. The van der Waals surface area contributed by atoms with E-state index in [1.54, 1.807) is 0 Å². The second-order valence-electron chi connectivity index (χ2n) is 6.02. The second kappa shape index (κ2) is 8.67. The van der Waals surface area contributed by atoms with Crippen LogP contribution in [0, 0.1) is 11.8 Å². The van der Waals surface area contributed by atoms with Gasteiger partial charge in [0.15, 0.2) is 0 Å². The van der Waals surface area contributed by atoms with E-state index in [0.29, 0.717) is 12.5 Å². The predicted molar refractivity (Wildman–Crippen MR) is 89.1 cm³/mol. The summed E-state index contributed by atoms with van der Waals surface area (Å²) < 4.78 is 0. The Morgan fingerprint density at radius 3 is 2.33 bits per heavy atom. The highest BCUT2D eigenvalue weighted by Gasteiger charge is 2.21. The third-order valence-corrected chi connectivity index (χ3v) is 3.99. The molecule has 0 aliphatic heterocycles. The highest BCUT2D eigenvalue weighted by atomic mass is 16.2. The summed E-state index contributed by atoms with van der Waals surface area (Å²) in [6.45, 7) is 8.91. The zero-order valence-electron chi connectivity index (χ0n) is 13.6. The van der Waals surface area contributed by atoms with Gasteiger partial charge in [-0.1, -0.05) is 52.3 Å². The fourth-order valence-electron chi connectivity index (χ4n) is 2.04. The number of nitrogens with one attached hydrogen (secondary N) is 2. The van der Waals surface area contributed by atoms with Crippen molar-refractivity contribution in [2.75, 3.05) is 11.9 Å². The first-order chi connectivity index (χ1) is 9.95. The Balaban J connectivity index is 2.54. The Morgan fingerprint density at radius 2 is 1.81 bits per heavy atom. The number of amides is 1. The van der Waals surface area contributed by atoms with Gasteiger partial charge in [0.05, 0.1) is 6.04 Å². The van der Waals surface area contributed by atoms with Crippen molar-refractivity contribution in [3.05, 3.63) is 30.3 Å². The fourth-order valence-corrected chi connectivity index (χ4v) is 2.04. The van der Waals surface area contributed by atoms with E-state index in [1.807, 2.05) is 44.2 Å². The molecular formula is C17H29N3O. The van der Waals surface area contributed by atoms with Gasteiger partial charge in [-0.3, -0.25) is 4.79 Å². The summed E-state index contributed by atoms with van der Waals surface area (Å²) in [5, 5.41) is 6.43. The molecular weight excluding hydrogens is 262 g/mol. The smallest absolute Gasteiger partial charge is 0.237 e. The van der Waals surface area contributed by atoms with Crippen molar-refractivity contribution in [3.63, 3.8) is 0 Å². The molecule has 1 aromatic carbocycles. The number of hydrogen-bond donors (Lipinski definition) is 3. The Hall–Kier alpha value is -1.55. The van der Waals surface area contributed by atoms with Crippen LogP contribution in [0.2, 0.25) is 0 Å². The van der Waals surface area contributed by atoms with Crippen LogP contribution in [0.5, 0.6) is 0 Å². The molecule has 3 atom stereocenters. The van der Waals surface area contributed by atoms with E-state index in [4.69, 9.17) is 5.73 Å². The number of hydrogen-bond acceptors (Lipinski definition) is 3. The van der Waals surface area contributed by atoms with E-state index in [0.717, 1.165) is 12.1 Å². The molecule has 0 spiro atoms. The molecule has 1 amide bonds.